The lowest BCUT2D eigenvalue weighted by atomic mass is 9.78. The van der Waals surface area contributed by atoms with Crippen molar-refractivity contribution in [1.82, 2.24) is 4.90 Å². The van der Waals surface area contributed by atoms with Gasteiger partial charge in [-0.05, 0) is 30.2 Å². The Balaban J connectivity index is 1.69. The summed E-state index contributed by atoms with van der Waals surface area (Å²) in [6.07, 6.45) is 0. The summed E-state index contributed by atoms with van der Waals surface area (Å²) in [5.74, 6) is 0. The summed E-state index contributed by atoms with van der Waals surface area (Å²) in [7, 11) is 0. The van der Waals surface area contributed by atoms with E-state index in [0.29, 0.717) is 5.41 Å². The fraction of sp³-hybridized carbons (Fsp3) is 0.538. The third-order valence-corrected chi connectivity index (χ3v) is 4.22. The number of hydrogen-bond donors (Lipinski definition) is 1. The molecular formula is C13H17ClN2O. The molecule has 2 aliphatic rings. The molecule has 17 heavy (non-hydrogen) atoms. The second-order valence-electron chi connectivity index (χ2n) is 5.45. The number of hydrogen-bond acceptors (Lipinski definition) is 3. The molecule has 2 saturated heterocycles. The molecule has 1 aromatic rings. The van der Waals surface area contributed by atoms with E-state index in [4.69, 9.17) is 22.1 Å². The largest absolute Gasteiger partial charge is 0.399 e. The lowest BCUT2D eigenvalue weighted by molar-refractivity contribution is -0.191. The molecule has 0 unspecified atom stereocenters. The molecule has 0 aromatic heterocycles. The van der Waals surface area contributed by atoms with Crippen molar-refractivity contribution in [3.05, 3.63) is 28.3 Å². The molecule has 0 atom stereocenters. The Morgan fingerprint density at radius 1 is 1.41 bits per heavy atom. The molecule has 0 saturated carbocycles. The number of nitrogen functional groups attached to an aromatic ring is 1. The van der Waals surface area contributed by atoms with Crippen molar-refractivity contribution < 1.29 is 4.74 Å². The second-order valence-corrected chi connectivity index (χ2v) is 5.83. The van der Waals surface area contributed by atoms with Crippen molar-refractivity contribution in [2.24, 2.45) is 5.41 Å². The van der Waals surface area contributed by atoms with Gasteiger partial charge in [-0.2, -0.15) is 0 Å². The molecule has 3 nitrogen and oxygen atoms in total. The van der Waals surface area contributed by atoms with Gasteiger partial charge >= 0.3 is 0 Å². The molecule has 0 aliphatic carbocycles. The van der Waals surface area contributed by atoms with Crippen molar-refractivity contribution in [3.63, 3.8) is 0 Å². The first-order valence-electron chi connectivity index (χ1n) is 5.93. The lowest BCUT2D eigenvalue weighted by Crippen LogP contribution is -2.65. The van der Waals surface area contributed by atoms with Gasteiger partial charge in [0.05, 0.1) is 13.2 Å². The molecule has 4 heteroatoms. The third-order valence-electron chi connectivity index (χ3n) is 3.68. The van der Waals surface area contributed by atoms with Gasteiger partial charge in [0, 0.05) is 35.8 Å². The maximum atomic E-state index is 6.30. The molecule has 0 bridgehead atoms. The molecule has 2 aliphatic heterocycles. The van der Waals surface area contributed by atoms with Gasteiger partial charge in [0.1, 0.15) is 0 Å². The number of halogens is 1. The van der Waals surface area contributed by atoms with Crippen molar-refractivity contribution in [1.29, 1.82) is 0 Å². The van der Waals surface area contributed by atoms with E-state index in [2.05, 4.69) is 4.90 Å². The van der Waals surface area contributed by atoms with E-state index in [1.807, 2.05) is 19.1 Å². The number of rotatable bonds is 2. The number of ether oxygens (including phenoxy) is 1. The van der Waals surface area contributed by atoms with E-state index in [-0.39, 0.29) is 0 Å². The number of nitrogens with zero attached hydrogens (tertiary/aromatic N) is 1. The Bertz CT molecular complexity index is 449. The quantitative estimate of drug-likeness (QED) is 0.819. The van der Waals surface area contributed by atoms with Gasteiger partial charge in [-0.3, -0.25) is 4.90 Å². The van der Waals surface area contributed by atoms with E-state index >= 15 is 0 Å². The number of benzene rings is 1. The number of anilines is 1. The van der Waals surface area contributed by atoms with E-state index in [0.717, 1.165) is 54.7 Å². The van der Waals surface area contributed by atoms with Crippen molar-refractivity contribution in [2.45, 2.75) is 13.5 Å². The highest BCUT2D eigenvalue weighted by Crippen LogP contribution is 2.39. The molecule has 92 valence electrons. The predicted molar refractivity (Wildman–Crippen MR) is 69.1 cm³/mol. The van der Waals surface area contributed by atoms with Gasteiger partial charge in [-0.15, -0.1) is 0 Å². The summed E-state index contributed by atoms with van der Waals surface area (Å²) >= 11 is 6.30. The average Bonchev–Trinajstić information content (AvgIpc) is 2.15. The number of likely N-dealkylation sites (tertiary alicyclic amines) is 1. The maximum absolute atomic E-state index is 6.30. The summed E-state index contributed by atoms with van der Waals surface area (Å²) in [6.45, 7) is 6.99. The van der Waals surface area contributed by atoms with Crippen molar-refractivity contribution in [2.75, 3.05) is 32.0 Å². The minimum atomic E-state index is 0.460. The molecule has 1 aromatic carbocycles. The van der Waals surface area contributed by atoms with Crippen molar-refractivity contribution >= 4 is 17.3 Å². The fourth-order valence-corrected chi connectivity index (χ4v) is 2.99. The Hall–Kier alpha value is -0.770. The van der Waals surface area contributed by atoms with Crippen LogP contribution in [0.3, 0.4) is 0 Å². The van der Waals surface area contributed by atoms with Crippen LogP contribution in [0.15, 0.2) is 12.1 Å². The van der Waals surface area contributed by atoms with Gasteiger partial charge in [0.25, 0.3) is 0 Å². The van der Waals surface area contributed by atoms with E-state index in [9.17, 15) is 0 Å². The van der Waals surface area contributed by atoms with Gasteiger partial charge in [-0.1, -0.05) is 11.6 Å². The normalized spacial score (nSPS) is 22.2. The van der Waals surface area contributed by atoms with Gasteiger partial charge in [0.15, 0.2) is 0 Å². The average molecular weight is 253 g/mol. The van der Waals surface area contributed by atoms with Crippen LogP contribution in [-0.2, 0) is 11.3 Å². The Morgan fingerprint density at radius 3 is 2.71 bits per heavy atom. The molecule has 3 rings (SSSR count). The number of nitrogens with two attached hydrogens (primary N) is 1. The van der Waals surface area contributed by atoms with E-state index in [1.54, 1.807) is 0 Å². The summed E-state index contributed by atoms with van der Waals surface area (Å²) in [5.41, 5.74) is 9.31. The first kappa shape index (κ1) is 11.3. The van der Waals surface area contributed by atoms with Crippen LogP contribution in [-0.4, -0.2) is 31.2 Å². The predicted octanol–water partition coefficient (Wildman–Crippen LogP) is 2.06. The molecule has 2 fully saturated rings. The summed E-state index contributed by atoms with van der Waals surface area (Å²) in [5, 5.41) is 0.852. The van der Waals surface area contributed by atoms with Gasteiger partial charge in [0.2, 0.25) is 0 Å². The van der Waals surface area contributed by atoms with Crippen molar-refractivity contribution in [3.8, 4) is 0 Å². The van der Waals surface area contributed by atoms with Crippen LogP contribution < -0.4 is 5.73 Å². The minimum absolute atomic E-state index is 0.460. The van der Waals surface area contributed by atoms with Crippen LogP contribution in [0.5, 0.6) is 0 Å². The van der Waals surface area contributed by atoms with E-state index < -0.39 is 0 Å². The Labute approximate surface area is 106 Å². The SMILES string of the molecule is Cc1cc(N)cc(CN2CC3(COC3)C2)c1Cl. The molecule has 2 heterocycles. The van der Waals surface area contributed by atoms with Crippen LogP contribution in [0, 0.1) is 12.3 Å². The zero-order valence-corrected chi connectivity index (χ0v) is 10.8. The topological polar surface area (TPSA) is 38.5 Å². The highest BCUT2D eigenvalue weighted by atomic mass is 35.5. The minimum Gasteiger partial charge on any atom is -0.399 e. The Kier molecular flexibility index (Phi) is 2.58. The van der Waals surface area contributed by atoms with Crippen LogP contribution in [0.2, 0.25) is 5.02 Å². The summed E-state index contributed by atoms with van der Waals surface area (Å²) in [6, 6.07) is 3.90. The first-order chi connectivity index (χ1) is 8.08. The van der Waals surface area contributed by atoms with E-state index in [1.165, 1.54) is 0 Å². The zero-order valence-electron chi connectivity index (χ0n) is 10.0. The van der Waals surface area contributed by atoms with Crippen LogP contribution >= 0.6 is 11.6 Å². The lowest BCUT2D eigenvalue weighted by Gasteiger charge is -2.55. The van der Waals surface area contributed by atoms with Gasteiger partial charge < -0.3 is 10.5 Å². The summed E-state index contributed by atoms with van der Waals surface area (Å²) < 4.78 is 5.27. The monoisotopic (exact) mass is 252 g/mol. The molecule has 2 N–H and O–H groups in total. The second kappa shape index (κ2) is 3.87. The van der Waals surface area contributed by atoms with Crippen LogP contribution in [0.4, 0.5) is 5.69 Å². The number of aryl methyl sites for hydroxylation is 1. The molecular weight excluding hydrogens is 236 g/mol. The molecule has 0 amide bonds. The smallest absolute Gasteiger partial charge is 0.0569 e. The molecule has 1 spiro atoms. The molecule has 0 radical (unpaired) electrons. The zero-order chi connectivity index (χ0) is 12.0. The summed E-state index contributed by atoms with van der Waals surface area (Å²) in [4.78, 5) is 2.41. The third kappa shape index (κ3) is 1.92. The van der Waals surface area contributed by atoms with Crippen LogP contribution in [0.1, 0.15) is 11.1 Å². The van der Waals surface area contributed by atoms with Gasteiger partial charge in [-0.25, -0.2) is 0 Å². The fourth-order valence-electron chi connectivity index (χ4n) is 2.82. The Morgan fingerprint density at radius 2 is 2.12 bits per heavy atom. The highest BCUT2D eigenvalue weighted by Gasteiger charge is 2.48. The highest BCUT2D eigenvalue weighted by molar-refractivity contribution is 6.32. The first-order valence-corrected chi connectivity index (χ1v) is 6.30. The van der Waals surface area contributed by atoms with Crippen LogP contribution in [0.25, 0.3) is 0 Å². The maximum Gasteiger partial charge on any atom is 0.0569 e. The standard InChI is InChI=1S/C13H17ClN2O/c1-9-2-11(15)3-10(12(9)14)4-16-5-13(6-16)7-17-8-13/h2-3H,4-8,15H2,1H3.